The maximum atomic E-state index is 10.7. The molecule has 1 heterocycles. The quantitative estimate of drug-likeness (QED) is 0.838. The molecule has 1 aromatic carbocycles. The molecular weight excluding hydrogens is 294 g/mol. The smallest absolute Gasteiger partial charge is 0.161 e. The summed E-state index contributed by atoms with van der Waals surface area (Å²) in [6.45, 7) is 0.717. The lowest BCUT2D eigenvalue weighted by Gasteiger charge is -2.18. The zero-order valence-electron chi connectivity index (χ0n) is 13.3. The third kappa shape index (κ3) is 3.78. The maximum absolute atomic E-state index is 10.7. The van der Waals surface area contributed by atoms with Crippen LogP contribution in [0.25, 0.3) is 0 Å². The number of aliphatic carboxylic acids is 1. The van der Waals surface area contributed by atoms with Crippen LogP contribution in [0.5, 0.6) is 11.5 Å². The summed E-state index contributed by atoms with van der Waals surface area (Å²) in [4.78, 5) is 10.7. The Labute approximate surface area is 136 Å². The van der Waals surface area contributed by atoms with Gasteiger partial charge in [-0.3, -0.25) is 0 Å². The Balaban J connectivity index is 1.76. The highest BCUT2D eigenvalue weighted by atomic mass is 16.5. The second-order valence-corrected chi connectivity index (χ2v) is 6.21. The van der Waals surface area contributed by atoms with Crippen LogP contribution in [-0.2, 0) is 4.79 Å². The van der Waals surface area contributed by atoms with Crippen LogP contribution in [0.4, 0.5) is 0 Å². The third-order valence-electron chi connectivity index (χ3n) is 4.59. The number of rotatable bonds is 5. The minimum atomic E-state index is -1.16. The summed E-state index contributed by atoms with van der Waals surface area (Å²) in [6.07, 6.45) is 6.71. The summed E-state index contributed by atoms with van der Waals surface area (Å²) in [6, 6.07) is 5.99. The van der Waals surface area contributed by atoms with Crippen LogP contribution in [-0.4, -0.2) is 25.7 Å². The molecule has 3 rings (SSSR count). The van der Waals surface area contributed by atoms with Gasteiger partial charge in [-0.1, -0.05) is 6.07 Å². The molecule has 0 aromatic heterocycles. The predicted molar refractivity (Wildman–Crippen MR) is 84.3 cm³/mol. The van der Waals surface area contributed by atoms with E-state index in [2.05, 4.69) is 5.32 Å². The molecule has 2 aliphatic rings. The Hall–Kier alpha value is -2.17. The summed E-state index contributed by atoms with van der Waals surface area (Å²) >= 11 is 0. The zero-order chi connectivity index (χ0) is 16.2. The van der Waals surface area contributed by atoms with E-state index >= 15 is 0 Å². The Kier molecular flexibility index (Phi) is 4.74. The van der Waals surface area contributed by atoms with Crippen LogP contribution in [0.2, 0.25) is 0 Å². The summed E-state index contributed by atoms with van der Waals surface area (Å²) in [5.74, 6) is 0.608. The Morgan fingerprint density at radius 3 is 2.78 bits per heavy atom. The molecule has 1 aliphatic heterocycles. The molecule has 1 aliphatic carbocycles. The van der Waals surface area contributed by atoms with E-state index in [1.807, 2.05) is 18.2 Å². The van der Waals surface area contributed by atoms with Gasteiger partial charge in [0.05, 0.1) is 19.2 Å². The van der Waals surface area contributed by atoms with Crippen molar-refractivity contribution in [2.75, 3.05) is 13.7 Å². The van der Waals surface area contributed by atoms with Gasteiger partial charge in [0.25, 0.3) is 0 Å². The summed E-state index contributed by atoms with van der Waals surface area (Å²) in [5.41, 5.74) is 1.84. The monoisotopic (exact) mass is 316 g/mol. The molecule has 5 nitrogen and oxygen atoms in total. The van der Waals surface area contributed by atoms with E-state index in [1.54, 1.807) is 7.11 Å². The molecule has 2 fully saturated rings. The molecule has 0 amide bonds. The van der Waals surface area contributed by atoms with Crippen LogP contribution >= 0.6 is 0 Å². The number of hydrogen-bond donors (Lipinski definition) is 1. The number of carbonyl (C=O) groups excluding carboxylic acids is 1. The fourth-order valence-electron chi connectivity index (χ4n) is 3.38. The van der Waals surface area contributed by atoms with Gasteiger partial charge < -0.3 is 24.7 Å². The minimum Gasteiger partial charge on any atom is -0.545 e. The molecule has 0 bridgehead atoms. The first-order valence-electron chi connectivity index (χ1n) is 8.15. The normalized spacial score (nSPS) is 23.0. The lowest BCUT2D eigenvalue weighted by atomic mass is 9.97. The molecule has 1 atom stereocenters. The highest BCUT2D eigenvalue weighted by molar-refractivity contribution is 5.78. The molecule has 1 saturated carbocycles. The van der Waals surface area contributed by atoms with Gasteiger partial charge in [-0.25, -0.2) is 0 Å². The van der Waals surface area contributed by atoms with Gasteiger partial charge in [0.2, 0.25) is 0 Å². The first-order chi connectivity index (χ1) is 11.2. The fraction of sp³-hybridized carbons (Fsp3) is 0.500. The molecule has 0 radical (unpaired) electrons. The van der Waals surface area contributed by atoms with Crippen molar-refractivity contribution in [3.05, 3.63) is 35.5 Å². The van der Waals surface area contributed by atoms with E-state index < -0.39 is 5.97 Å². The fourth-order valence-corrected chi connectivity index (χ4v) is 3.38. The van der Waals surface area contributed by atoms with Crippen molar-refractivity contribution in [1.29, 1.82) is 0 Å². The largest absolute Gasteiger partial charge is 0.545 e. The van der Waals surface area contributed by atoms with Crippen LogP contribution in [0.15, 0.2) is 30.0 Å². The highest BCUT2D eigenvalue weighted by Gasteiger charge is 2.23. The SMILES string of the molecule is COc1ccc(C2CN/C(=C\C(=O)[O-])C2)cc1OC1CCCC1. The molecule has 5 heteroatoms. The average molecular weight is 316 g/mol. The lowest BCUT2D eigenvalue weighted by Crippen LogP contribution is -2.21. The van der Waals surface area contributed by atoms with E-state index in [4.69, 9.17) is 9.47 Å². The van der Waals surface area contributed by atoms with Crippen molar-refractivity contribution in [3.8, 4) is 11.5 Å². The van der Waals surface area contributed by atoms with E-state index in [0.29, 0.717) is 18.7 Å². The topological polar surface area (TPSA) is 70.6 Å². The summed E-state index contributed by atoms with van der Waals surface area (Å²) in [7, 11) is 1.65. The van der Waals surface area contributed by atoms with Crippen LogP contribution < -0.4 is 19.9 Å². The molecule has 1 unspecified atom stereocenters. The van der Waals surface area contributed by atoms with Gasteiger partial charge in [0.15, 0.2) is 11.5 Å². The summed E-state index contributed by atoms with van der Waals surface area (Å²) < 4.78 is 11.5. The molecule has 1 saturated heterocycles. The molecule has 124 valence electrons. The third-order valence-corrected chi connectivity index (χ3v) is 4.59. The van der Waals surface area contributed by atoms with Crippen molar-refractivity contribution in [2.24, 2.45) is 0 Å². The van der Waals surface area contributed by atoms with E-state index in [9.17, 15) is 9.90 Å². The van der Waals surface area contributed by atoms with Crippen molar-refractivity contribution in [2.45, 2.75) is 44.1 Å². The maximum Gasteiger partial charge on any atom is 0.161 e. The number of hydrogen-bond acceptors (Lipinski definition) is 5. The number of carboxylic acids is 1. The van der Waals surface area contributed by atoms with Crippen molar-refractivity contribution in [3.63, 3.8) is 0 Å². The standard InChI is InChI=1S/C18H23NO4/c1-22-16-7-6-12(9-17(16)23-15-4-2-3-5-15)13-8-14(19-11-13)10-18(20)21/h6-7,9-10,13,15,19H,2-5,8,11H2,1H3,(H,20,21)/p-1/b14-10-. The number of carbonyl (C=O) groups is 1. The first-order valence-corrected chi connectivity index (χ1v) is 8.15. The predicted octanol–water partition coefficient (Wildman–Crippen LogP) is 1.73. The number of allylic oxidation sites excluding steroid dienone is 1. The Morgan fingerprint density at radius 2 is 2.09 bits per heavy atom. The van der Waals surface area contributed by atoms with Gasteiger partial charge in [-0.05, 0) is 55.9 Å². The average Bonchev–Trinajstić information content (AvgIpc) is 3.18. The lowest BCUT2D eigenvalue weighted by molar-refractivity contribution is -0.297. The van der Waals surface area contributed by atoms with E-state index in [-0.39, 0.29) is 12.0 Å². The second kappa shape index (κ2) is 6.94. The van der Waals surface area contributed by atoms with E-state index in [0.717, 1.165) is 36.0 Å². The minimum absolute atomic E-state index is 0.234. The van der Waals surface area contributed by atoms with Crippen molar-refractivity contribution < 1.29 is 19.4 Å². The van der Waals surface area contributed by atoms with Gasteiger partial charge in [0, 0.05) is 18.2 Å². The molecular formula is C18H22NO4-. The molecule has 0 spiro atoms. The van der Waals surface area contributed by atoms with Gasteiger partial charge >= 0.3 is 0 Å². The molecule has 23 heavy (non-hydrogen) atoms. The zero-order valence-corrected chi connectivity index (χ0v) is 13.3. The number of benzene rings is 1. The molecule has 1 aromatic rings. The van der Waals surface area contributed by atoms with Crippen LogP contribution in [0.3, 0.4) is 0 Å². The van der Waals surface area contributed by atoms with E-state index in [1.165, 1.54) is 12.8 Å². The first kappa shape index (κ1) is 15.7. The van der Waals surface area contributed by atoms with Gasteiger partial charge in [-0.2, -0.15) is 0 Å². The van der Waals surface area contributed by atoms with Crippen molar-refractivity contribution in [1.82, 2.24) is 5.32 Å². The van der Waals surface area contributed by atoms with Gasteiger partial charge in [0.1, 0.15) is 0 Å². The Bertz CT molecular complexity index is 605. The van der Waals surface area contributed by atoms with Crippen LogP contribution in [0.1, 0.15) is 43.6 Å². The molecule has 1 N–H and O–H groups in total. The highest BCUT2D eigenvalue weighted by Crippen LogP contribution is 2.36. The number of carboxylic acid groups (broad SMARTS) is 1. The summed E-state index contributed by atoms with van der Waals surface area (Å²) in [5, 5.41) is 13.8. The number of nitrogens with one attached hydrogen (secondary N) is 1. The number of methoxy groups -OCH3 is 1. The van der Waals surface area contributed by atoms with Crippen LogP contribution in [0, 0.1) is 0 Å². The second-order valence-electron chi connectivity index (χ2n) is 6.21. The Morgan fingerprint density at radius 1 is 1.30 bits per heavy atom. The van der Waals surface area contributed by atoms with Crippen molar-refractivity contribution >= 4 is 5.97 Å². The van der Waals surface area contributed by atoms with Gasteiger partial charge in [-0.15, -0.1) is 0 Å². The number of ether oxygens (including phenoxy) is 2.